The SMILES string of the molecule is CN(Cc1ccc(Cl)s1)C(=O)Cn1nc(C2CC2)cc(C(F)(F)F)c1=O. The molecular formula is C16H15ClF3N3O2S. The van der Waals surface area contributed by atoms with E-state index >= 15 is 0 Å². The largest absolute Gasteiger partial charge is 0.421 e. The molecule has 140 valence electrons. The molecule has 1 aliphatic rings. The fourth-order valence-electron chi connectivity index (χ4n) is 2.46. The van der Waals surface area contributed by atoms with E-state index in [9.17, 15) is 22.8 Å². The van der Waals surface area contributed by atoms with E-state index in [1.54, 1.807) is 12.1 Å². The lowest BCUT2D eigenvalue weighted by Gasteiger charge is -2.17. The second-order valence-corrected chi connectivity index (χ2v) is 7.97. The first-order valence-corrected chi connectivity index (χ1v) is 9.02. The topological polar surface area (TPSA) is 55.2 Å². The van der Waals surface area contributed by atoms with Gasteiger partial charge in [-0.1, -0.05) is 11.6 Å². The van der Waals surface area contributed by atoms with Crippen LogP contribution in [0.2, 0.25) is 4.34 Å². The molecule has 1 amide bonds. The van der Waals surface area contributed by atoms with Gasteiger partial charge in [0.05, 0.1) is 16.6 Å². The number of hydrogen-bond donors (Lipinski definition) is 0. The molecule has 1 aliphatic carbocycles. The second kappa shape index (κ2) is 7.03. The molecule has 0 radical (unpaired) electrons. The lowest BCUT2D eigenvalue weighted by Crippen LogP contribution is -2.37. The van der Waals surface area contributed by atoms with Crippen molar-refractivity contribution in [2.24, 2.45) is 0 Å². The molecule has 2 aromatic heterocycles. The minimum atomic E-state index is -4.78. The molecule has 5 nitrogen and oxygen atoms in total. The van der Waals surface area contributed by atoms with Crippen molar-refractivity contribution in [3.8, 4) is 0 Å². The van der Waals surface area contributed by atoms with E-state index in [-0.39, 0.29) is 18.2 Å². The van der Waals surface area contributed by atoms with Gasteiger partial charge in [0.25, 0.3) is 5.56 Å². The van der Waals surface area contributed by atoms with Gasteiger partial charge in [0.1, 0.15) is 12.1 Å². The van der Waals surface area contributed by atoms with Crippen molar-refractivity contribution in [3.05, 3.63) is 49.0 Å². The smallest absolute Gasteiger partial charge is 0.339 e. The molecule has 1 fully saturated rings. The number of nitrogens with zero attached hydrogens (tertiary/aromatic N) is 3. The van der Waals surface area contributed by atoms with Crippen LogP contribution in [0.1, 0.15) is 34.9 Å². The summed E-state index contributed by atoms with van der Waals surface area (Å²) < 4.78 is 40.6. The molecule has 0 unspecified atom stereocenters. The summed E-state index contributed by atoms with van der Waals surface area (Å²) in [7, 11) is 1.51. The normalized spacial score (nSPS) is 14.5. The number of halogens is 4. The van der Waals surface area contributed by atoms with Crippen molar-refractivity contribution in [1.29, 1.82) is 0 Å². The number of likely N-dealkylation sites (N-methyl/N-ethyl adjacent to an activating group) is 1. The Morgan fingerprint density at radius 3 is 2.65 bits per heavy atom. The van der Waals surface area contributed by atoms with Crippen molar-refractivity contribution in [1.82, 2.24) is 14.7 Å². The highest BCUT2D eigenvalue weighted by molar-refractivity contribution is 7.16. The Hall–Kier alpha value is -1.87. The molecule has 0 aromatic carbocycles. The third kappa shape index (κ3) is 4.27. The number of thiophene rings is 1. The van der Waals surface area contributed by atoms with Crippen LogP contribution in [0.4, 0.5) is 13.2 Å². The summed E-state index contributed by atoms with van der Waals surface area (Å²) in [5.74, 6) is -0.589. The van der Waals surface area contributed by atoms with Gasteiger partial charge in [-0.25, -0.2) is 4.68 Å². The van der Waals surface area contributed by atoms with Crippen molar-refractivity contribution >= 4 is 28.8 Å². The van der Waals surface area contributed by atoms with Crippen LogP contribution in [-0.4, -0.2) is 27.6 Å². The molecule has 0 atom stereocenters. The summed E-state index contributed by atoms with van der Waals surface area (Å²) in [5.41, 5.74) is -2.38. The molecule has 10 heteroatoms. The fourth-order valence-corrected chi connectivity index (χ4v) is 3.60. The van der Waals surface area contributed by atoms with E-state index in [2.05, 4.69) is 5.10 Å². The van der Waals surface area contributed by atoms with Crippen LogP contribution in [0.25, 0.3) is 0 Å². The Morgan fingerprint density at radius 2 is 2.12 bits per heavy atom. The van der Waals surface area contributed by atoms with Crippen molar-refractivity contribution in [2.75, 3.05) is 7.05 Å². The van der Waals surface area contributed by atoms with Gasteiger partial charge in [0, 0.05) is 17.8 Å². The zero-order valence-electron chi connectivity index (χ0n) is 13.7. The van der Waals surface area contributed by atoms with Gasteiger partial charge in [0.2, 0.25) is 5.91 Å². The minimum absolute atomic E-state index is 0.0796. The number of carbonyl (C=O) groups excluding carboxylic acids is 1. The van der Waals surface area contributed by atoms with Crippen LogP contribution in [0, 0.1) is 0 Å². The summed E-state index contributed by atoms with van der Waals surface area (Å²) in [5, 5.41) is 3.98. The lowest BCUT2D eigenvalue weighted by molar-refractivity contribution is -0.140. The number of aromatic nitrogens is 2. The molecule has 0 bridgehead atoms. The van der Waals surface area contributed by atoms with Gasteiger partial charge < -0.3 is 4.90 Å². The van der Waals surface area contributed by atoms with Crippen LogP contribution >= 0.6 is 22.9 Å². The zero-order chi connectivity index (χ0) is 19.1. The molecule has 26 heavy (non-hydrogen) atoms. The predicted molar refractivity (Wildman–Crippen MR) is 91.3 cm³/mol. The minimum Gasteiger partial charge on any atom is -0.339 e. The highest BCUT2D eigenvalue weighted by atomic mass is 35.5. The third-order valence-corrected chi connectivity index (χ3v) is 5.24. The third-order valence-electron chi connectivity index (χ3n) is 4.03. The summed E-state index contributed by atoms with van der Waals surface area (Å²) in [4.78, 5) is 26.6. The summed E-state index contributed by atoms with van der Waals surface area (Å²) in [6.07, 6.45) is -3.32. The van der Waals surface area contributed by atoms with E-state index in [1.165, 1.54) is 23.3 Å². The Bertz CT molecular complexity index is 890. The Morgan fingerprint density at radius 1 is 1.42 bits per heavy atom. The van der Waals surface area contributed by atoms with Crippen LogP contribution in [-0.2, 0) is 24.1 Å². The molecule has 2 aromatic rings. The number of amides is 1. The highest BCUT2D eigenvalue weighted by Gasteiger charge is 2.37. The first-order valence-electron chi connectivity index (χ1n) is 7.82. The predicted octanol–water partition coefficient (Wildman–Crippen LogP) is 3.51. The molecule has 1 saturated carbocycles. The van der Waals surface area contributed by atoms with Gasteiger partial charge in [-0.15, -0.1) is 11.3 Å². The number of alkyl halides is 3. The quantitative estimate of drug-likeness (QED) is 0.765. The number of hydrogen-bond acceptors (Lipinski definition) is 4. The van der Waals surface area contributed by atoms with Crippen LogP contribution in [0.3, 0.4) is 0 Å². The first kappa shape index (κ1) is 18.9. The van der Waals surface area contributed by atoms with E-state index in [4.69, 9.17) is 11.6 Å². The van der Waals surface area contributed by atoms with E-state index in [1.807, 2.05) is 0 Å². The molecule has 0 aliphatic heterocycles. The van der Waals surface area contributed by atoms with Crippen LogP contribution < -0.4 is 5.56 Å². The van der Waals surface area contributed by atoms with Crippen LogP contribution in [0.15, 0.2) is 23.0 Å². The maximum atomic E-state index is 13.1. The van der Waals surface area contributed by atoms with Gasteiger partial charge in [-0.2, -0.15) is 18.3 Å². The second-order valence-electron chi connectivity index (χ2n) is 6.17. The van der Waals surface area contributed by atoms with E-state index < -0.39 is 29.8 Å². The fraction of sp³-hybridized carbons (Fsp3) is 0.438. The standard InChI is InChI=1S/C16H15ClF3N3O2S/c1-22(7-10-4-5-13(17)26-10)14(24)8-23-15(25)11(16(18,19)20)6-12(21-23)9-2-3-9/h4-6,9H,2-3,7-8H2,1H3. The number of rotatable bonds is 5. The maximum Gasteiger partial charge on any atom is 0.421 e. The Kier molecular flexibility index (Phi) is 5.12. The Balaban J connectivity index is 1.82. The lowest BCUT2D eigenvalue weighted by atomic mass is 10.2. The molecule has 2 heterocycles. The van der Waals surface area contributed by atoms with Crippen molar-refractivity contribution in [2.45, 2.75) is 38.0 Å². The first-order chi connectivity index (χ1) is 12.1. The highest BCUT2D eigenvalue weighted by Crippen LogP contribution is 2.40. The summed E-state index contributed by atoms with van der Waals surface area (Å²) >= 11 is 7.14. The van der Waals surface area contributed by atoms with E-state index in [0.717, 1.165) is 23.8 Å². The van der Waals surface area contributed by atoms with Gasteiger partial charge in [-0.05, 0) is 31.0 Å². The molecular weight excluding hydrogens is 391 g/mol. The summed E-state index contributed by atoms with van der Waals surface area (Å²) in [6, 6.07) is 4.26. The molecule has 0 saturated heterocycles. The van der Waals surface area contributed by atoms with Crippen molar-refractivity contribution < 1.29 is 18.0 Å². The van der Waals surface area contributed by atoms with Gasteiger partial charge in [-0.3, -0.25) is 9.59 Å². The molecule has 0 N–H and O–H groups in total. The average Bonchev–Trinajstić information content (AvgIpc) is 3.31. The van der Waals surface area contributed by atoms with Gasteiger partial charge in [0.15, 0.2) is 0 Å². The van der Waals surface area contributed by atoms with Gasteiger partial charge >= 0.3 is 6.18 Å². The zero-order valence-corrected chi connectivity index (χ0v) is 15.3. The maximum absolute atomic E-state index is 13.1. The van der Waals surface area contributed by atoms with Crippen LogP contribution in [0.5, 0.6) is 0 Å². The van der Waals surface area contributed by atoms with Crippen molar-refractivity contribution in [3.63, 3.8) is 0 Å². The Labute approximate surface area is 156 Å². The monoisotopic (exact) mass is 405 g/mol. The average molecular weight is 406 g/mol. The molecule has 3 rings (SSSR count). The van der Waals surface area contributed by atoms with E-state index in [0.29, 0.717) is 9.02 Å². The summed E-state index contributed by atoms with van der Waals surface area (Å²) in [6.45, 7) is -0.294. The number of carbonyl (C=O) groups is 1. The molecule has 0 spiro atoms.